The average Bonchev–Trinajstić information content (AvgIpc) is 2.77. The molecule has 1 heterocycles. The van der Waals surface area contributed by atoms with Gasteiger partial charge in [-0.05, 0) is 36.6 Å². The van der Waals surface area contributed by atoms with Gasteiger partial charge in [0, 0.05) is 40.8 Å². The van der Waals surface area contributed by atoms with Crippen molar-refractivity contribution in [3.8, 4) is 5.75 Å². The number of nitrogens with one attached hydrogen (secondary N) is 2. The SMILES string of the molecule is COc1ccc(CCS(C)=O)c(Nc2nc3ccccc3nc2NS(=O)(=O)CCCS(C)(=O)=O)c1. The molecule has 35 heavy (non-hydrogen) atoms. The minimum atomic E-state index is -3.91. The summed E-state index contributed by atoms with van der Waals surface area (Å²) in [6, 6.07) is 12.4. The van der Waals surface area contributed by atoms with Crippen molar-refractivity contribution in [2.45, 2.75) is 12.8 Å². The minimum Gasteiger partial charge on any atom is -0.497 e. The smallest absolute Gasteiger partial charge is 0.234 e. The number of benzene rings is 2. The molecular weight excluding hydrogens is 512 g/mol. The van der Waals surface area contributed by atoms with E-state index >= 15 is 0 Å². The maximum atomic E-state index is 12.7. The third kappa shape index (κ3) is 8.15. The summed E-state index contributed by atoms with van der Waals surface area (Å²) < 4.78 is 67.6. The van der Waals surface area contributed by atoms with Gasteiger partial charge >= 0.3 is 0 Å². The lowest BCUT2D eigenvalue weighted by molar-refractivity contribution is 0.415. The highest BCUT2D eigenvalue weighted by Crippen LogP contribution is 2.30. The number of hydrogen-bond acceptors (Lipinski definition) is 9. The van der Waals surface area contributed by atoms with Gasteiger partial charge < -0.3 is 10.1 Å². The second-order valence-corrected chi connectivity index (χ2v) is 13.6. The maximum absolute atomic E-state index is 12.7. The minimum absolute atomic E-state index is 0.0177. The lowest BCUT2D eigenvalue weighted by Gasteiger charge is -2.16. The number of hydrogen-bond donors (Lipinski definition) is 2. The van der Waals surface area contributed by atoms with E-state index in [9.17, 15) is 21.0 Å². The second kappa shape index (κ2) is 11.3. The molecule has 1 unspecified atom stereocenters. The highest BCUT2D eigenvalue weighted by Gasteiger charge is 2.19. The van der Waals surface area contributed by atoms with Crippen LogP contribution in [0, 0.1) is 0 Å². The van der Waals surface area contributed by atoms with E-state index in [-0.39, 0.29) is 29.6 Å². The van der Waals surface area contributed by atoms with Gasteiger partial charge in [-0.15, -0.1) is 0 Å². The van der Waals surface area contributed by atoms with Crippen LogP contribution < -0.4 is 14.8 Å². The average molecular weight is 541 g/mol. The molecule has 190 valence electrons. The molecule has 0 fully saturated rings. The van der Waals surface area contributed by atoms with Crippen molar-refractivity contribution < 1.29 is 25.8 Å². The molecule has 0 saturated heterocycles. The molecule has 1 atom stereocenters. The van der Waals surface area contributed by atoms with E-state index in [1.807, 2.05) is 6.07 Å². The van der Waals surface area contributed by atoms with Crippen LogP contribution in [0.15, 0.2) is 42.5 Å². The topological polar surface area (TPSA) is 144 Å². The zero-order valence-electron chi connectivity index (χ0n) is 19.6. The van der Waals surface area contributed by atoms with Crippen LogP contribution in [0.2, 0.25) is 0 Å². The van der Waals surface area contributed by atoms with E-state index in [4.69, 9.17) is 4.74 Å². The second-order valence-electron chi connectivity index (χ2n) is 7.99. The molecule has 3 rings (SSSR count). The highest BCUT2D eigenvalue weighted by molar-refractivity contribution is 7.93. The number of rotatable bonds is 12. The molecule has 13 heteroatoms. The monoisotopic (exact) mass is 540 g/mol. The first kappa shape index (κ1) is 26.8. The fourth-order valence-corrected chi connectivity index (χ4v) is 5.69. The molecule has 0 aliphatic carbocycles. The zero-order chi connectivity index (χ0) is 25.6. The Hall–Kier alpha value is -2.77. The van der Waals surface area contributed by atoms with Gasteiger partial charge in [-0.2, -0.15) is 0 Å². The fraction of sp³-hybridized carbons (Fsp3) is 0.364. The van der Waals surface area contributed by atoms with Gasteiger partial charge in [-0.25, -0.2) is 26.8 Å². The number of anilines is 3. The highest BCUT2D eigenvalue weighted by atomic mass is 32.2. The molecule has 0 radical (unpaired) electrons. The summed E-state index contributed by atoms with van der Waals surface area (Å²) in [4.78, 5) is 9.02. The van der Waals surface area contributed by atoms with Gasteiger partial charge in [-0.3, -0.25) is 8.93 Å². The van der Waals surface area contributed by atoms with Crippen LogP contribution in [0.3, 0.4) is 0 Å². The van der Waals surface area contributed by atoms with Crippen molar-refractivity contribution in [2.24, 2.45) is 0 Å². The van der Waals surface area contributed by atoms with E-state index in [0.717, 1.165) is 11.8 Å². The van der Waals surface area contributed by atoms with Crippen LogP contribution in [-0.4, -0.2) is 67.9 Å². The van der Waals surface area contributed by atoms with Crippen LogP contribution in [0.25, 0.3) is 11.0 Å². The van der Waals surface area contributed by atoms with Crippen molar-refractivity contribution >= 4 is 59.0 Å². The van der Waals surface area contributed by atoms with Crippen LogP contribution in [0.1, 0.15) is 12.0 Å². The molecule has 0 bridgehead atoms. The molecule has 0 spiro atoms. The van der Waals surface area contributed by atoms with E-state index in [0.29, 0.717) is 34.6 Å². The largest absolute Gasteiger partial charge is 0.497 e. The quantitative estimate of drug-likeness (QED) is 0.354. The molecule has 2 aromatic carbocycles. The van der Waals surface area contributed by atoms with Gasteiger partial charge in [0.05, 0.1) is 29.6 Å². The van der Waals surface area contributed by atoms with Crippen LogP contribution in [0.4, 0.5) is 17.3 Å². The van der Waals surface area contributed by atoms with Crippen molar-refractivity contribution in [3.63, 3.8) is 0 Å². The Bertz CT molecular complexity index is 1440. The number of methoxy groups -OCH3 is 1. The number of aromatic nitrogens is 2. The van der Waals surface area contributed by atoms with E-state index in [1.165, 1.54) is 7.11 Å². The normalized spacial score (nSPS) is 12.9. The number of ether oxygens (including phenoxy) is 1. The van der Waals surface area contributed by atoms with Crippen LogP contribution >= 0.6 is 0 Å². The summed E-state index contributed by atoms with van der Waals surface area (Å²) in [5, 5.41) is 3.16. The first-order valence-corrected chi connectivity index (χ1v) is 16.1. The molecule has 0 aliphatic heterocycles. The standard InChI is InChI=1S/C22H28N4O6S3/c1-32-17-10-9-16(11-12-33(2)27)20(15-17)25-21-22(24-19-8-5-4-7-18(19)23-21)26-35(30,31)14-6-13-34(3,28)29/h4-5,7-10,15H,6,11-14H2,1-3H3,(H,23,25)(H,24,26). The van der Waals surface area contributed by atoms with Gasteiger partial charge in [0.2, 0.25) is 10.0 Å². The third-order valence-electron chi connectivity index (χ3n) is 4.98. The van der Waals surface area contributed by atoms with Gasteiger partial charge in [0.25, 0.3) is 0 Å². The number of para-hydroxylation sites is 2. The predicted octanol–water partition coefficient (Wildman–Crippen LogP) is 2.48. The van der Waals surface area contributed by atoms with Gasteiger partial charge in [0.15, 0.2) is 11.6 Å². The first-order valence-electron chi connectivity index (χ1n) is 10.6. The molecule has 2 N–H and O–H groups in total. The summed E-state index contributed by atoms with van der Waals surface area (Å²) in [6.45, 7) is 0. The van der Waals surface area contributed by atoms with Crippen molar-refractivity contribution in [1.82, 2.24) is 9.97 Å². The summed E-state index contributed by atoms with van der Waals surface area (Å²) in [5.41, 5.74) is 2.49. The van der Waals surface area contributed by atoms with Gasteiger partial charge in [-0.1, -0.05) is 18.2 Å². The molecule has 0 aliphatic rings. The number of aryl methyl sites for hydroxylation is 1. The first-order chi connectivity index (χ1) is 16.5. The number of sulfonamides is 1. The maximum Gasteiger partial charge on any atom is 0.234 e. The van der Waals surface area contributed by atoms with Crippen molar-refractivity contribution in [2.75, 3.05) is 46.9 Å². The molecule has 0 saturated carbocycles. The Balaban J connectivity index is 1.99. The lowest BCUT2D eigenvalue weighted by atomic mass is 10.1. The van der Waals surface area contributed by atoms with Crippen molar-refractivity contribution in [3.05, 3.63) is 48.0 Å². The van der Waals surface area contributed by atoms with Crippen molar-refractivity contribution in [1.29, 1.82) is 0 Å². The fourth-order valence-electron chi connectivity index (χ4n) is 3.27. The molecule has 0 amide bonds. The Kier molecular flexibility index (Phi) is 8.67. The number of fused-ring (bicyclic) bond motifs is 1. The Labute approximate surface area is 208 Å². The predicted molar refractivity (Wildman–Crippen MR) is 140 cm³/mol. The number of sulfone groups is 1. The number of nitrogens with zero attached hydrogens (tertiary/aromatic N) is 2. The Morgan fingerprint density at radius 3 is 2.23 bits per heavy atom. The molecular formula is C22H28N4O6S3. The molecule has 3 aromatic rings. The summed E-state index contributed by atoms with van der Waals surface area (Å²) in [7, 11) is -6.66. The van der Waals surface area contributed by atoms with Crippen LogP contribution in [-0.2, 0) is 37.1 Å². The van der Waals surface area contributed by atoms with E-state index in [2.05, 4.69) is 20.0 Å². The third-order valence-corrected chi connectivity index (χ3v) is 8.12. The van der Waals surface area contributed by atoms with Gasteiger partial charge in [0.1, 0.15) is 15.6 Å². The summed E-state index contributed by atoms with van der Waals surface area (Å²) in [6.07, 6.45) is 3.15. The van der Waals surface area contributed by atoms with E-state index < -0.39 is 30.7 Å². The lowest BCUT2D eigenvalue weighted by Crippen LogP contribution is -2.20. The van der Waals surface area contributed by atoms with E-state index in [1.54, 1.807) is 42.7 Å². The summed E-state index contributed by atoms with van der Waals surface area (Å²) >= 11 is 0. The summed E-state index contributed by atoms with van der Waals surface area (Å²) in [5.74, 6) is 0.545. The Morgan fingerprint density at radius 1 is 0.971 bits per heavy atom. The molecule has 1 aromatic heterocycles. The molecule has 10 nitrogen and oxygen atoms in total. The van der Waals surface area contributed by atoms with Crippen LogP contribution in [0.5, 0.6) is 5.75 Å². The Morgan fingerprint density at radius 2 is 1.63 bits per heavy atom. The zero-order valence-corrected chi connectivity index (χ0v) is 22.1.